The van der Waals surface area contributed by atoms with E-state index in [1.807, 2.05) is 21.1 Å². The summed E-state index contributed by atoms with van der Waals surface area (Å²) in [6, 6.07) is 5.43. The van der Waals surface area contributed by atoms with Crippen molar-refractivity contribution in [2.75, 3.05) is 27.7 Å². The van der Waals surface area contributed by atoms with Gasteiger partial charge in [-0.15, -0.1) is 0 Å². The minimum Gasteiger partial charge on any atom is -0.328 e. The molecule has 1 aromatic carbocycles. The summed E-state index contributed by atoms with van der Waals surface area (Å²) in [7, 11) is 0.898. The van der Waals surface area contributed by atoms with Crippen LogP contribution < -0.4 is 0 Å². The van der Waals surface area contributed by atoms with Gasteiger partial charge >= 0.3 is 7.82 Å². The van der Waals surface area contributed by atoms with Crippen LogP contribution in [0.25, 0.3) is 0 Å². The Morgan fingerprint density at radius 2 is 1.80 bits per heavy atom. The van der Waals surface area contributed by atoms with E-state index < -0.39 is 18.8 Å². The van der Waals surface area contributed by atoms with Gasteiger partial charge in [0.25, 0.3) is 5.69 Å². The number of nitro benzene ring substituents is 1. The van der Waals surface area contributed by atoms with Crippen LogP contribution >= 0.6 is 7.82 Å². The molecule has 0 radical (unpaired) electrons. The molecule has 0 heterocycles. The number of phosphoric ester groups is 1. The van der Waals surface area contributed by atoms with Crippen LogP contribution in [0, 0.1) is 10.1 Å². The molecule has 0 saturated carbocycles. The molecule has 1 rings (SSSR count). The molecule has 2 N–H and O–H groups in total. The lowest BCUT2D eigenvalue weighted by Gasteiger charge is -2.29. The molecule has 112 valence electrons. The van der Waals surface area contributed by atoms with Gasteiger partial charge < -0.3 is 14.3 Å². The molecular formula is C11H18N2O6P+. The zero-order valence-corrected chi connectivity index (χ0v) is 12.4. The van der Waals surface area contributed by atoms with Crippen molar-refractivity contribution in [2.24, 2.45) is 0 Å². The Labute approximate surface area is 116 Å². The van der Waals surface area contributed by atoms with Gasteiger partial charge in [0.15, 0.2) is 0 Å². The first-order valence-corrected chi connectivity index (χ1v) is 7.30. The van der Waals surface area contributed by atoms with E-state index in [0.29, 0.717) is 16.6 Å². The third-order valence-electron chi connectivity index (χ3n) is 2.45. The molecule has 0 bridgehead atoms. The Balaban J connectivity index is 3.03. The molecule has 0 amide bonds. The number of non-ortho nitro benzene ring substituents is 1. The number of benzene rings is 1. The number of hydrogen-bond acceptors (Lipinski definition) is 4. The molecule has 8 nitrogen and oxygen atoms in total. The molecule has 9 heteroatoms. The zero-order chi connectivity index (χ0) is 15.6. The molecule has 0 aliphatic rings. The lowest BCUT2D eigenvalue weighted by Crippen LogP contribution is -2.38. The van der Waals surface area contributed by atoms with Gasteiger partial charge in [-0.2, -0.15) is 0 Å². The van der Waals surface area contributed by atoms with Crippen molar-refractivity contribution in [2.45, 2.75) is 6.10 Å². The van der Waals surface area contributed by atoms with E-state index >= 15 is 0 Å². The quantitative estimate of drug-likeness (QED) is 0.356. The summed E-state index contributed by atoms with van der Waals surface area (Å²) in [6.45, 7) is 0.308. The van der Waals surface area contributed by atoms with E-state index in [-0.39, 0.29) is 5.69 Å². The second kappa shape index (κ2) is 5.99. The number of quaternary nitrogens is 1. The summed E-state index contributed by atoms with van der Waals surface area (Å²) in [6.07, 6.45) is -0.850. The molecule has 20 heavy (non-hydrogen) atoms. The van der Waals surface area contributed by atoms with Crippen LogP contribution in [-0.4, -0.2) is 46.9 Å². The molecule has 0 aliphatic heterocycles. The van der Waals surface area contributed by atoms with Gasteiger partial charge in [0.1, 0.15) is 12.6 Å². The maximum atomic E-state index is 11.0. The van der Waals surface area contributed by atoms with E-state index in [9.17, 15) is 14.7 Å². The highest BCUT2D eigenvalue weighted by atomic mass is 31.2. The van der Waals surface area contributed by atoms with Crippen molar-refractivity contribution in [1.29, 1.82) is 0 Å². The minimum atomic E-state index is -4.65. The number of phosphoric acid groups is 1. The maximum Gasteiger partial charge on any atom is 0.470 e. The van der Waals surface area contributed by atoms with Gasteiger partial charge in [-0.3, -0.25) is 14.6 Å². The smallest absolute Gasteiger partial charge is 0.328 e. The third kappa shape index (κ3) is 5.77. The first kappa shape index (κ1) is 16.7. The fourth-order valence-electron chi connectivity index (χ4n) is 1.67. The molecule has 0 unspecified atom stereocenters. The largest absolute Gasteiger partial charge is 0.470 e. The molecule has 0 aromatic heterocycles. The van der Waals surface area contributed by atoms with Crippen molar-refractivity contribution < 1.29 is 28.3 Å². The first-order valence-electron chi connectivity index (χ1n) is 5.77. The highest BCUT2D eigenvalue weighted by molar-refractivity contribution is 7.46. The summed E-state index contributed by atoms with van der Waals surface area (Å²) in [4.78, 5) is 28.0. The molecular weight excluding hydrogens is 287 g/mol. The monoisotopic (exact) mass is 305 g/mol. The number of nitro groups is 1. The summed E-state index contributed by atoms with van der Waals surface area (Å²) < 4.78 is 16.2. The third-order valence-corrected chi connectivity index (χ3v) is 2.98. The van der Waals surface area contributed by atoms with Crippen molar-refractivity contribution in [1.82, 2.24) is 0 Å². The fraction of sp³-hybridized carbons (Fsp3) is 0.455. The summed E-state index contributed by atoms with van der Waals surface area (Å²) in [5.41, 5.74) is 0.390. The van der Waals surface area contributed by atoms with Crippen molar-refractivity contribution in [3.63, 3.8) is 0 Å². The van der Waals surface area contributed by atoms with Crippen LogP contribution in [0.1, 0.15) is 11.7 Å². The van der Waals surface area contributed by atoms with Crippen LogP contribution in [0.3, 0.4) is 0 Å². The molecule has 1 aromatic rings. The normalized spacial score (nSPS) is 14.1. The Kier molecular flexibility index (Phi) is 5.01. The number of nitrogens with zero attached hydrogens (tertiary/aromatic N) is 2. The predicted octanol–water partition coefficient (Wildman–Crippen LogP) is 1.45. The lowest BCUT2D eigenvalue weighted by molar-refractivity contribution is -0.874. The van der Waals surface area contributed by atoms with E-state index in [4.69, 9.17) is 14.3 Å². The first-order chi connectivity index (χ1) is 8.98. The fourth-order valence-corrected chi connectivity index (χ4v) is 2.19. The standard InChI is InChI=1S/C11H17N2O6P/c1-13(2,3)8-11(19-20(16,17)18)9-4-6-10(7-5-9)12(14)15/h4-7,11H,8H2,1-3H3,(H-,16,17,18)/p+1/t11-/m0/s1. The van der Waals surface area contributed by atoms with E-state index in [2.05, 4.69) is 0 Å². The van der Waals surface area contributed by atoms with E-state index in [1.54, 1.807) is 0 Å². The summed E-state index contributed by atoms with van der Waals surface area (Å²) >= 11 is 0. The SMILES string of the molecule is C[N+](C)(C)C[C@H](OP(=O)(O)O)c1ccc([N+](=O)[O-])cc1. The van der Waals surface area contributed by atoms with Gasteiger partial charge in [0.2, 0.25) is 0 Å². The minimum absolute atomic E-state index is 0.0890. The topological polar surface area (TPSA) is 110 Å². The van der Waals surface area contributed by atoms with Gasteiger partial charge in [0.05, 0.1) is 26.1 Å². The highest BCUT2D eigenvalue weighted by Gasteiger charge is 2.28. The Hall–Kier alpha value is -1.31. The van der Waals surface area contributed by atoms with Crippen molar-refractivity contribution in [3.8, 4) is 0 Å². The molecule has 0 spiro atoms. The van der Waals surface area contributed by atoms with Gasteiger partial charge in [-0.25, -0.2) is 4.57 Å². The van der Waals surface area contributed by atoms with Crippen molar-refractivity contribution >= 4 is 13.5 Å². The molecule has 1 atom stereocenters. The van der Waals surface area contributed by atoms with Crippen LogP contribution in [0.15, 0.2) is 24.3 Å². The molecule has 0 fully saturated rings. The van der Waals surface area contributed by atoms with Gasteiger partial charge in [0, 0.05) is 12.1 Å². The van der Waals surface area contributed by atoms with Crippen molar-refractivity contribution in [3.05, 3.63) is 39.9 Å². The van der Waals surface area contributed by atoms with Gasteiger partial charge in [-0.05, 0) is 17.7 Å². The molecule has 0 saturated heterocycles. The van der Waals surface area contributed by atoms with Crippen LogP contribution in [0.4, 0.5) is 5.69 Å². The highest BCUT2D eigenvalue weighted by Crippen LogP contribution is 2.42. The van der Waals surface area contributed by atoms with E-state index in [0.717, 1.165) is 0 Å². The number of hydrogen-bond donors (Lipinski definition) is 2. The second-order valence-corrected chi connectivity index (χ2v) is 6.60. The lowest BCUT2D eigenvalue weighted by atomic mass is 10.1. The number of rotatable bonds is 6. The van der Waals surface area contributed by atoms with Crippen LogP contribution in [0.5, 0.6) is 0 Å². The second-order valence-electron chi connectivity index (χ2n) is 5.41. The Bertz CT molecular complexity index is 519. The average Bonchev–Trinajstić information content (AvgIpc) is 2.24. The Morgan fingerprint density at radius 1 is 1.30 bits per heavy atom. The maximum absolute atomic E-state index is 11.0. The van der Waals surface area contributed by atoms with Crippen LogP contribution in [-0.2, 0) is 9.09 Å². The van der Waals surface area contributed by atoms with Gasteiger partial charge in [-0.1, -0.05) is 0 Å². The Morgan fingerprint density at radius 3 is 2.15 bits per heavy atom. The summed E-state index contributed by atoms with van der Waals surface area (Å²) in [5.74, 6) is 0. The van der Waals surface area contributed by atoms with Crippen LogP contribution in [0.2, 0.25) is 0 Å². The zero-order valence-electron chi connectivity index (χ0n) is 11.5. The summed E-state index contributed by atoms with van der Waals surface area (Å²) in [5, 5.41) is 10.6. The number of likely N-dealkylation sites (N-methyl/N-ethyl adjacent to an activating group) is 1. The van der Waals surface area contributed by atoms with E-state index in [1.165, 1.54) is 24.3 Å². The predicted molar refractivity (Wildman–Crippen MR) is 71.9 cm³/mol. The average molecular weight is 305 g/mol. The molecule has 0 aliphatic carbocycles.